The van der Waals surface area contributed by atoms with Crippen molar-refractivity contribution in [3.63, 3.8) is 0 Å². The largest absolute Gasteiger partial charge is 0.382 e. The van der Waals surface area contributed by atoms with Crippen LogP contribution in [0.1, 0.15) is 12.5 Å². The maximum Gasteiger partial charge on any atom is 0.282 e. The molecular formula is C16H20BrN3O2. The maximum absolute atomic E-state index is 11.8. The molecule has 6 heteroatoms. The second-order valence-corrected chi connectivity index (χ2v) is 6.08. The molecule has 2 rings (SSSR count). The van der Waals surface area contributed by atoms with Crippen LogP contribution in [0.5, 0.6) is 0 Å². The number of ether oxygens (including phenoxy) is 1. The van der Waals surface area contributed by atoms with Crippen LogP contribution in [-0.4, -0.2) is 22.9 Å². The predicted molar refractivity (Wildman–Crippen MR) is 90.9 cm³/mol. The summed E-state index contributed by atoms with van der Waals surface area (Å²) >= 11 is 3.30. The van der Waals surface area contributed by atoms with E-state index in [2.05, 4.69) is 33.3 Å². The summed E-state index contributed by atoms with van der Waals surface area (Å²) < 4.78 is 7.51. The zero-order valence-electron chi connectivity index (χ0n) is 12.8. The number of aryl methyl sites for hydroxylation is 1. The predicted octanol–water partition coefficient (Wildman–Crippen LogP) is 2.81. The lowest BCUT2D eigenvalue weighted by atomic mass is 10.2. The Morgan fingerprint density at radius 3 is 2.82 bits per heavy atom. The standard InChI is InChI=1S/C16H20BrN3O2/c1-12(10-22-11-13-6-4-3-5-7-13)8-18-14-9-19-20(2)16(21)15(14)17/h3-7,9,12,18H,8,10-11H2,1-2H3. The molecule has 1 aromatic heterocycles. The van der Waals surface area contributed by atoms with Crippen molar-refractivity contribution in [3.05, 3.63) is 56.9 Å². The fraction of sp³-hybridized carbons (Fsp3) is 0.375. The third-order valence-corrected chi connectivity index (χ3v) is 4.00. The average Bonchev–Trinajstić information content (AvgIpc) is 2.53. The first-order valence-corrected chi connectivity index (χ1v) is 7.94. The summed E-state index contributed by atoms with van der Waals surface area (Å²) in [6.45, 7) is 4.07. The van der Waals surface area contributed by atoms with Gasteiger partial charge in [0.15, 0.2) is 0 Å². The van der Waals surface area contributed by atoms with Gasteiger partial charge in [0, 0.05) is 13.6 Å². The molecule has 0 amide bonds. The Morgan fingerprint density at radius 1 is 1.36 bits per heavy atom. The average molecular weight is 366 g/mol. The molecule has 5 nitrogen and oxygen atoms in total. The van der Waals surface area contributed by atoms with Gasteiger partial charge in [0.1, 0.15) is 4.47 Å². The second-order valence-electron chi connectivity index (χ2n) is 5.29. The van der Waals surface area contributed by atoms with Crippen LogP contribution in [-0.2, 0) is 18.4 Å². The summed E-state index contributed by atoms with van der Waals surface area (Å²) in [5.41, 5.74) is 1.72. The smallest absolute Gasteiger partial charge is 0.282 e. The number of hydrogen-bond acceptors (Lipinski definition) is 4. The summed E-state index contributed by atoms with van der Waals surface area (Å²) in [6.07, 6.45) is 1.64. The summed E-state index contributed by atoms with van der Waals surface area (Å²) in [7, 11) is 1.62. The monoisotopic (exact) mass is 365 g/mol. The highest BCUT2D eigenvalue weighted by molar-refractivity contribution is 9.10. The molecule has 1 aromatic carbocycles. The molecule has 0 aliphatic carbocycles. The van der Waals surface area contributed by atoms with Crippen molar-refractivity contribution in [3.8, 4) is 0 Å². The van der Waals surface area contributed by atoms with Crippen LogP contribution in [0.3, 0.4) is 0 Å². The second kappa shape index (κ2) is 8.10. The van der Waals surface area contributed by atoms with Crippen LogP contribution in [0.15, 0.2) is 45.8 Å². The van der Waals surface area contributed by atoms with Gasteiger partial charge in [0.05, 0.1) is 25.1 Å². The zero-order chi connectivity index (χ0) is 15.9. The molecule has 1 heterocycles. The van der Waals surface area contributed by atoms with Gasteiger partial charge >= 0.3 is 0 Å². The Hall–Kier alpha value is -1.66. The van der Waals surface area contributed by atoms with Crippen LogP contribution < -0.4 is 10.9 Å². The van der Waals surface area contributed by atoms with Gasteiger partial charge in [0.25, 0.3) is 5.56 Å². The molecule has 1 unspecified atom stereocenters. The Kier molecular flexibility index (Phi) is 6.15. The van der Waals surface area contributed by atoms with Gasteiger partial charge in [-0.15, -0.1) is 0 Å². The lowest BCUT2D eigenvalue weighted by Gasteiger charge is -2.15. The first-order chi connectivity index (χ1) is 10.6. The molecule has 22 heavy (non-hydrogen) atoms. The van der Waals surface area contributed by atoms with Gasteiger partial charge in [-0.25, -0.2) is 4.68 Å². The van der Waals surface area contributed by atoms with Crippen molar-refractivity contribution in [1.29, 1.82) is 0 Å². The van der Waals surface area contributed by atoms with Crippen molar-refractivity contribution < 1.29 is 4.74 Å². The first-order valence-electron chi connectivity index (χ1n) is 7.15. The van der Waals surface area contributed by atoms with Crippen molar-refractivity contribution >= 4 is 21.6 Å². The minimum absolute atomic E-state index is 0.155. The van der Waals surface area contributed by atoms with Crippen LogP contribution in [0.4, 0.5) is 5.69 Å². The van der Waals surface area contributed by atoms with E-state index in [1.165, 1.54) is 10.2 Å². The van der Waals surface area contributed by atoms with E-state index in [4.69, 9.17) is 4.74 Å². The van der Waals surface area contributed by atoms with Crippen LogP contribution >= 0.6 is 15.9 Å². The molecule has 0 spiro atoms. The molecule has 0 saturated carbocycles. The van der Waals surface area contributed by atoms with Crippen molar-refractivity contribution in [2.45, 2.75) is 13.5 Å². The summed E-state index contributed by atoms with van der Waals surface area (Å²) in [5.74, 6) is 0.319. The van der Waals surface area contributed by atoms with E-state index < -0.39 is 0 Å². The van der Waals surface area contributed by atoms with Crippen molar-refractivity contribution in [1.82, 2.24) is 9.78 Å². The number of rotatable bonds is 7. The van der Waals surface area contributed by atoms with Gasteiger partial charge in [-0.05, 0) is 27.4 Å². The molecule has 2 aromatic rings. The molecular weight excluding hydrogens is 346 g/mol. The molecule has 0 radical (unpaired) electrons. The number of halogens is 1. The normalized spacial score (nSPS) is 12.1. The van der Waals surface area contributed by atoms with Gasteiger partial charge < -0.3 is 10.1 Å². The number of anilines is 1. The Bertz CT molecular complexity index is 658. The highest BCUT2D eigenvalue weighted by atomic mass is 79.9. The highest BCUT2D eigenvalue weighted by Gasteiger charge is 2.08. The van der Waals surface area contributed by atoms with Gasteiger partial charge in [0.2, 0.25) is 0 Å². The minimum Gasteiger partial charge on any atom is -0.382 e. The molecule has 0 aliphatic heterocycles. The number of nitrogens with zero attached hydrogens (tertiary/aromatic N) is 2. The Morgan fingerprint density at radius 2 is 2.09 bits per heavy atom. The third kappa shape index (κ3) is 4.68. The topological polar surface area (TPSA) is 56.2 Å². The van der Waals surface area contributed by atoms with E-state index >= 15 is 0 Å². The molecule has 0 bridgehead atoms. The number of benzene rings is 1. The summed E-state index contributed by atoms with van der Waals surface area (Å²) in [4.78, 5) is 11.8. The van der Waals surface area contributed by atoms with Crippen LogP contribution in [0, 0.1) is 5.92 Å². The quantitative estimate of drug-likeness (QED) is 0.819. The third-order valence-electron chi connectivity index (χ3n) is 3.23. The molecule has 0 fully saturated rings. The summed E-state index contributed by atoms with van der Waals surface area (Å²) in [6, 6.07) is 10.1. The number of aromatic nitrogens is 2. The SMILES string of the molecule is CC(CNc1cnn(C)c(=O)c1Br)COCc1ccccc1. The molecule has 1 atom stereocenters. The van der Waals surface area contributed by atoms with Gasteiger partial charge in [-0.2, -0.15) is 5.10 Å². The Balaban J connectivity index is 1.77. The molecule has 0 aliphatic rings. The van der Waals surface area contributed by atoms with E-state index in [-0.39, 0.29) is 5.56 Å². The molecule has 1 N–H and O–H groups in total. The lowest BCUT2D eigenvalue weighted by molar-refractivity contribution is 0.0955. The van der Waals surface area contributed by atoms with E-state index in [1.807, 2.05) is 30.3 Å². The maximum atomic E-state index is 11.8. The zero-order valence-corrected chi connectivity index (χ0v) is 14.3. The fourth-order valence-electron chi connectivity index (χ4n) is 1.93. The minimum atomic E-state index is -0.155. The molecule has 0 saturated heterocycles. The first kappa shape index (κ1) is 16.7. The number of hydrogen-bond donors (Lipinski definition) is 1. The fourth-order valence-corrected chi connectivity index (χ4v) is 2.43. The Labute approximate surface area is 138 Å². The summed E-state index contributed by atoms with van der Waals surface area (Å²) in [5, 5.41) is 7.23. The van der Waals surface area contributed by atoms with E-state index in [0.29, 0.717) is 35.8 Å². The van der Waals surface area contributed by atoms with Gasteiger partial charge in [-0.3, -0.25) is 4.79 Å². The van der Waals surface area contributed by atoms with E-state index in [0.717, 1.165) is 0 Å². The van der Waals surface area contributed by atoms with E-state index in [9.17, 15) is 4.79 Å². The highest BCUT2D eigenvalue weighted by Crippen LogP contribution is 2.16. The lowest BCUT2D eigenvalue weighted by Crippen LogP contribution is -2.23. The molecule has 118 valence electrons. The number of nitrogens with one attached hydrogen (secondary N) is 1. The van der Waals surface area contributed by atoms with Crippen LogP contribution in [0.2, 0.25) is 0 Å². The van der Waals surface area contributed by atoms with Crippen molar-refractivity contribution in [2.24, 2.45) is 13.0 Å². The van der Waals surface area contributed by atoms with Gasteiger partial charge in [-0.1, -0.05) is 37.3 Å². The van der Waals surface area contributed by atoms with Crippen LogP contribution in [0.25, 0.3) is 0 Å². The van der Waals surface area contributed by atoms with E-state index in [1.54, 1.807) is 13.2 Å². The van der Waals surface area contributed by atoms with Crippen molar-refractivity contribution in [2.75, 3.05) is 18.5 Å².